The number of nitrogens with zero attached hydrogens (tertiary/aromatic N) is 2. The molecule has 2 aromatic rings. The molecule has 0 amide bonds. The van der Waals surface area contributed by atoms with Crippen LogP contribution in [0.5, 0.6) is 0 Å². The highest BCUT2D eigenvalue weighted by atomic mass is 32.2. The van der Waals surface area contributed by atoms with Gasteiger partial charge in [0.15, 0.2) is 9.84 Å². The Hall–Kier alpha value is -1.66. The fourth-order valence-corrected chi connectivity index (χ4v) is 3.02. The molecule has 6 heteroatoms. The molecule has 0 saturated carbocycles. The van der Waals surface area contributed by atoms with Gasteiger partial charge in [0.25, 0.3) is 0 Å². The summed E-state index contributed by atoms with van der Waals surface area (Å²) in [6.07, 6.45) is 5.68. The van der Waals surface area contributed by atoms with Crippen molar-refractivity contribution in [3.63, 3.8) is 0 Å². The molecule has 0 aliphatic carbocycles. The fourth-order valence-electron chi connectivity index (χ4n) is 2.35. The van der Waals surface area contributed by atoms with Crippen LogP contribution >= 0.6 is 0 Å². The average Bonchev–Trinajstić information content (AvgIpc) is 2.91. The lowest BCUT2D eigenvalue weighted by Gasteiger charge is -2.17. The van der Waals surface area contributed by atoms with Crippen LogP contribution in [0.3, 0.4) is 0 Å². The van der Waals surface area contributed by atoms with E-state index in [-0.39, 0.29) is 6.04 Å². The molecule has 21 heavy (non-hydrogen) atoms. The minimum absolute atomic E-state index is 0.0272. The van der Waals surface area contributed by atoms with Crippen LogP contribution in [0, 0.1) is 0 Å². The maximum absolute atomic E-state index is 11.7. The second-order valence-electron chi connectivity index (χ2n) is 5.02. The number of hydrogen-bond donors (Lipinski definition) is 1. The lowest BCUT2D eigenvalue weighted by atomic mass is 10.0. The Bertz CT molecular complexity index is 707. The van der Waals surface area contributed by atoms with Gasteiger partial charge in [0.05, 0.1) is 4.90 Å². The van der Waals surface area contributed by atoms with Crippen LogP contribution in [-0.4, -0.2) is 31.3 Å². The van der Waals surface area contributed by atoms with Crippen molar-refractivity contribution in [2.75, 3.05) is 13.3 Å². The van der Waals surface area contributed by atoms with Gasteiger partial charge in [0, 0.05) is 37.7 Å². The van der Waals surface area contributed by atoms with Gasteiger partial charge in [-0.05, 0) is 31.7 Å². The van der Waals surface area contributed by atoms with Crippen molar-refractivity contribution in [3.8, 4) is 0 Å². The van der Waals surface area contributed by atoms with Crippen molar-refractivity contribution in [2.45, 2.75) is 30.8 Å². The van der Waals surface area contributed by atoms with Crippen molar-refractivity contribution in [1.29, 1.82) is 0 Å². The smallest absolute Gasteiger partial charge is 0.175 e. The van der Waals surface area contributed by atoms with Crippen LogP contribution in [0.15, 0.2) is 41.6 Å². The van der Waals surface area contributed by atoms with E-state index in [0.29, 0.717) is 11.3 Å². The van der Waals surface area contributed by atoms with Gasteiger partial charge >= 0.3 is 0 Å². The highest BCUT2D eigenvalue weighted by Crippen LogP contribution is 2.20. The SMILES string of the molecule is CCn1ccnc1CC(NC)c1cccc(S(C)(=O)=O)c1. The molecule has 114 valence electrons. The average molecular weight is 307 g/mol. The number of rotatable bonds is 6. The monoisotopic (exact) mass is 307 g/mol. The molecule has 5 nitrogen and oxygen atoms in total. The molecule has 1 aromatic heterocycles. The summed E-state index contributed by atoms with van der Waals surface area (Å²) in [6, 6.07) is 7.10. The summed E-state index contributed by atoms with van der Waals surface area (Å²) in [5, 5.41) is 3.24. The van der Waals surface area contributed by atoms with E-state index < -0.39 is 9.84 Å². The molecule has 2 rings (SSSR count). The first-order valence-corrected chi connectivity index (χ1v) is 8.82. The zero-order valence-corrected chi connectivity index (χ0v) is 13.4. The Kier molecular flexibility index (Phi) is 4.80. The molecule has 1 heterocycles. The second-order valence-corrected chi connectivity index (χ2v) is 7.04. The first kappa shape index (κ1) is 15.7. The van der Waals surface area contributed by atoms with Gasteiger partial charge in [-0.15, -0.1) is 0 Å². The largest absolute Gasteiger partial charge is 0.335 e. The fraction of sp³-hybridized carbons (Fsp3) is 0.400. The van der Waals surface area contributed by atoms with Crippen LogP contribution in [0.1, 0.15) is 24.4 Å². The Labute approximate surface area is 125 Å². The molecule has 0 saturated heterocycles. The summed E-state index contributed by atoms with van der Waals surface area (Å²) in [7, 11) is -1.32. The van der Waals surface area contributed by atoms with Crippen molar-refractivity contribution < 1.29 is 8.42 Å². The van der Waals surface area contributed by atoms with Crippen molar-refractivity contribution in [1.82, 2.24) is 14.9 Å². The van der Waals surface area contributed by atoms with E-state index >= 15 is 0 Å². The van der Waals surface area contributed by atoms with E-state index in [1.165, 1.54) is 6.26 Å². The van der Waals surface area contributed by atoms with E-state index in [9.17, 15) is 8.42 Å². The topological polar surface area (TPSA) is 64.0 Å². The summed E-state index contributed by atoms with van der Waals surface area (Å²) in [6.45, 7) is 2.94. The quantitative estimate of drug-likeness (QED) is 0.884. The van der Waals surface area contributed by atoms with Crippen LogP contribution in [0.25, 0.3) is 0 Å². The van der Waals surface area contributed by atoms with Crippen molar-refractivity contribution in [2.24, 2.45) is 0 Å². The van der Waals surface area contributed by atoms with E-state index in [1.54, 1.807) is 24.4 Å². The van der Waals surface area contributed by atoms with Gasteiger partial charge in [-0.1, -0.05) is 12.1 Å². The van der Waals surface area contributed by atoms with Crippen LogP contribution < -0.4 is 5.32 Å². The second kappa shape index (κ2) is 6.41. The van der Waals surface area contributed by atoms with Crippen LogP contribution in [0.4, 0.5) is 0 Å². The number of hydrogen-bond acceptors (Lipinski definition) is 4. The van der Waals surface area contributed by atoms with E-state index in [2.05, 4.69) is 21.8 Å². The number of sulfone groups is 1. The molecular formula is C15H21N3O2S. The minimum Gasteiger partial charge on any atom is -0.335 e. The summed E-state index contributed by atoms with van der Waals surface area (Å²) in [5.41, 5.74) is 0.950. The molecule has 1 atom stereocenters. The summed E-state index contributed by atoms with van der Waals surface area (Å²) in [4.78, 5) is 4.72. The third-order valence-corrected chi connectivity index (χ3v) is 4.68. The minimum atomic E-state index is -3.19. The molecule has 1 unspecified atom stereocenters. The summed E-state index contributed by atoms with van der Waals surface area (Å²) >= 11 is 0. The van der Waals surface area contributed by atoms with E-state index in [1.807, 2.05) is 19.3 Å². The third kappa shape index (κ3) is 3.71. The summed E-state index contributed by atoms with van der Waals surface area (Å²) < 4.78 is 25.4. The first-order valence-electron chi connectivity index (χ1n) is 6.93. The maximum Gasteiger partial charge on any atom is 0.175 e. The molecule has 1 aromatic carbocycles. The normalized spacial score (nSPS) is 13.3. The molecule has 0 aliphatic heterocycles. The Balaban J connectivity index is 2.30. The first-order chi connectivity index (χ1) is 9.95. The number of likely N-dealkylation sites (N-methyl/N-ethyl adjacent to an activating group) is 1. The number of aryl methyl sites for hydroxylation is 1. The highest BCUT2D eigenvalue weighted by molar-refractivity contribution is 7.90. The Morgan fingerprint density at radius 1 is 1.38 bits per heavy atom. The zero-order valence-electron chi connectivity index (χ0n) is 12.6. The molecule has 0 aliphatic rings. The van der Waals surface area contributed by atoms with Gasteiger partial charge in [-0.3, -0.25) is 0 Å². The van der Waals surface area contributed by atoms with Gasteiger partial charge in [-0.2, -0.15) is 0 Å². The molecule has 0 radical (unpaired) electrons. The molecule has 0 bridgehead atoms. The van der Waals surface area contributed by atoms with Crippen LogP contribution in [0.2, 0.25) is 0 Å². The van der Waals surface area contributed by atoms with Gasteiger partial charge < -0.3 is 9.88 Å². The lowest BCUT2D eigenvalue weighted by molar-refractivity contribution is 0.551. The Morgan fingerprint density at radius 2 is 2.14 bits per heavy atom. The van der Waals surface area contributed by atoms with Crippen molar-refractivity contribution >= 4 is 9.84 Å². The zero-order chi connectivity index (χ0) is 15.5. The van der Waals surface area contributed by atoms with Crippen LogP contribution in [-0.2, 0) is 22.8 Å². The molecular weight excluding hydrogens is 286 g/mol. The van der Waals surface area contributed by atoms with E-state index in [0.717, 1.165) is 17.9 Å². The van der Waals surface area contributed by atoms with Gasteiger partial charge in [0.1, 0.15) is 5.82 Å². The molecule has 0 fully saturated rings. The summed E-state index contributed by atoms with van der Waals surface area (Å²) in [5.74, 6) is 0.988. The van der Waals surface area contributed by atoms with E-state index in [4.69, 9.17) is 0 Å². The number of benzene rings is 1. The van der Waals surface area contributed by atoms with Gasteiger partial charge in [-0.25, -0.2) is 13.4 Å². The third-order valence-electron chi connectivity index (χ3n) is 3.57. The number of imidazole rings is 1. The predicted octanol–water partition coefficient (Wildman–Crippen LogP) is 1.81. The van der Waals surface area contributed by atoms with Gasteiger partial charge in [0.2, 0.25) is 0 Å². The molecule has 1 N–H and O–H groups in total. The predicted molar refractivity (Wildman–Crippen MR) is 83.0 cm³/mol. The maximum atomic E-state index is 11.7. The standard InChI is InChI=1S/C15H21N3O2S/c1-4-18-9-8-17-15(18)11-14(16-2)12-6-5-7-13(10-12)21(3,19)20/h5-10,14,16H,4,11H2,1-3H3. The highest BCUT2D eigenvalue weighted by Gasteiger charge is 2.15. The number of aromatic nitrogens is 2. The number of nitrogens with one attached hydrogen (secondary N) is 1. The Morgan fingerprint density at radius 3 is 2.76 bits per heavy atom. The molecule has 0 spiro atoms. The van der Waals surface area contributed by atoms with Crippen molar-refractivity contribution in [3.05, 3.63) is 48.0 Å². The lowest BCUT2D eigenvalue weighted by Crippen LogP contribution is -2.21.